The third-order valence-electron chi connectivity index (χ3n) is 2.42. The van der Waals surface area contributed by atoms with Crippen LogP contribution in [0, 0.1) is 0 Å². The van der Waals surface area contributed by atoms with E-state index in [0.717, 1.165) is 12.8 Å². The van der Waals surface area contributed by atoms with Crippen LogP contribution in [-0.4, -0.2) is 38.5 Å². The molecule has 0 fully saturated rings. The summed E-state index contributed by atoms with van der Waals surface area (Å²) in [4.78, 5) is 11.0. The lowest BCUT2D eigenvalue weighted by Gasteiger charge is -2.10. The zero-order valence-electron chi connectivity index (χ0n) is 10.6. The summed E-state index contributed by atoms with van der Waals surface area (Å²) in [6.07, 6.45) is 1.69. The molecule has 0 spiro atoms. The van der Waals surface area contributed by atoms with Gasteiger partial charge >= 0.3 is 5.97 Å². The van der Waals surface area contributed by atoms with Gasteiger partial charge in [0.2, 0.25) is 0 Å². The van der Waals surface area contributed by atoms with Gasteiger partial charge in [-0.2, -0.15) is 0 Å². The van der Waals surface area contributed by atoms with Crippen molar-refractivity contribution in [3.05, 3.63) is 23.8 Å². The molecule has 1 N–H and O–H groups in total. The van der Waals surface area contributed by atoms with E-state index in [1.165, 1.54) is 13.2 Å². The molecule has 18 heavy (non-hydrogen) atoms. The summed E-state index contributed by atoms with van der Waals surface area (Å²) < 4.78 is 15.4. The van der Waals surface area contributed by atoms with E-state index >= 15 is 0 Å². The lowest BCUT2D eigenvalue weighted by molar-refractivity contribution is 0.0692. The molecule has 0 saturated carbocycles. The Morgan fingerprint density at radius 3 is 2.56 bits per heavy atom. The predicted octanol–water partition coefficient (Wildman–Crippen LogP) is 2.20. The summed E-state index contributed by atoms with van der Waals surface area (Å²) in [7, 11) is 3.17. The molecule has 0 aliphatic carbocycles. The van der Waals surface area contributed by atoms with Crippen LogP contribution in [0.1, 0.15) is 23.2 Å². The zero-order valence-corrected chi connectivity index (χ0v) is 10.6. The number of aromatic carboxylic acids is 1. The van der Waals surface area contributed by atoms with Crippen LogP contribution >= 0.6 is 0 Å². The highest BCUT2D eigenvalue weighted by Gasteiger charge is 2.12. The Bertz CT molecular complexity index is 389. The van der Waals surface area contributed by atoms with Crippen molar-refractivity contribution in [1.82, 2.24) is 0 Å². The lowest BCUT2D eigenvalue weighted by atomic mass is 10.2. The van der Waals surface area contributed by atoms with Crippen molar-refractivity contribution in [2.24, 2.45) is 0 Å². The highest BCUT2D eigenvalue weighted by molar-refractivity contribution is 5.91. The van der Waals surface area contributed by atoms with Crippen molar-refractivity contribution in [3.8, 4) is 11.5 Å². The number of carbonyl (C=O) groups is 1. The van der Waals surface area contributed by atoms with E-state index in [4.69, 9.17) is 19.3 Å². The van der Waals surface area contributed by atoms with Crippen LogP contribution in [0.3, 0.4) is 0 Å². The SMILES string of the molecule is COCCCCOc1cc(OC)ccc1C(=O)O. The number of carboxylic acid groups (broad SMARTS) is 1. The van der Waals surface area contributed by atoms with Crippen LogP contribution in [0.2, 0.25) is 0 Å². The molecule has 5 nitrogen and oxygen atoms in total. The van der Waals surface area contributed by atoms with E-state index in [1.807, 2.05) is 0 Å². The number of hydrogen-bond donors (Lipinski definition) is 1. The Hall–Kier alpha value is -1.75. The monoisotopic (exact) mass is 254 g/mol. The molecule has 0 aliphatic heterocycles. The van der Waals surface area contributed by atoms with Crippen LogP contribution < -0.4 is 9.47 Å². The lowest BCUT2D eigenvalue weighted by Crippen LogP contribution is -2.05. The van der Waals surface area contributed by atoms with Crippen molar-refractivity contribution >= 4 is 5.97 Å². The van der Waals surface area contributed by atoms with Gasteiger partial charge in [-0.1, -0.05) is 0 Å². The molecule has 5 heteroatoms. The topological polar surface area (TPSA) is 65.0 Å². The molecule has 0 aliphatic rings. The van der Waals surface area contributed by atoms with E-state index in [-0.39, 0.29) is 5.56 Å². The highest BCUT2D eigenvalue weighted by atomic mass is 16.5. The number of benzene rings is 1. The van der Waals surface area contributed by atoms with Crippen LogP contribution in [0.5, 0.6) is 11.5 Å². The summed E-state index contributed by atoms with van der Waals surface area (Å²) in [5.74, 6) is -0.101. The van der Waals surface area contributed by atoms with Gasteiger partial charge in [0.15, 0.2) is 0 Å². The molecule has 0 atom stereocenters. The molecular weight excluding hydrogens is 236 g/mol. The first-order valence-corrected chi connectivity index (χ1v) is 5.72. The summed E-state index contributed by atoms with van der Waals surface area (Å²) in [5, 5.41) is 9.03. The average Bonchev–Trinajstić information content (AvgIpc) is 2.38. The van der Waals surface area contributed by atoms with E-state index < -0.39 is 5.97 Å². The molecule has 0 bridgehead atoms. The van der Waals surface area contributed by atoms with Gasteiger partial charge in [0.05, 0.1) is 13.7 Å². The van der Waals surface area contributed by atoms with Gasteiger partial charge < -0.3 is 19.3 Å². The number of hydrogen-bond acceptors (Lipinski definition) is 4. The van der Waals surface area contributed by atoms with Gasteiger partial charge in [0.1, 0.15) is 17.1 Å². The highest BCUT2D eigenvalue weighted by Crippen LogP contribution is 2.25. The molecule has 1 aromatic rings. The average molecular weight is 254 g/mol. The van der Waals surface area contributed by atoms with Crippen molar-refractivity contribution in [2.75, 3.05) is 27.4 Å². The Balaban J connectivity index is 2.63. The van der Waals surface area contributed by atoms with Gasteiger partial charge in [-0.15, -0.1) is 0 Å². The molecule has 0 unspecified atom stereocenters. The van der Waals surface area contributed by atoms with Gasteiger partial charge in [-0.25, -0.2) is 4.79 Å². The number of rotatable bonds is 8. The minimum atomic E-state index is -1.01. The predicted molar refractivity (Wildman–Crippen MR) is 66.6 cm³/mol. The van der Waals surface area contributed by atoms with Gasteiger partial charge in [-0.3, -0.25) is 0 Å². The van der Waals surface area contributed by atoms with E-state index in [0.29, 0.717) is 24.7 Å². The Morgan fingerprint density at radius 2 is 1.94 bits per heavy atom. The maximum atomic E-state index is 11.0. The minimum Gasteiger partial charge on any atom is -0.497 e. The Kier molecular flexibility index (Phi) is 6.00. The first-order chi connectivity index (χ1) is 8.69. The van der Waals surface area contributed by atoms with E-state index in [2.05, 4.69) is 0 Å². The molecule has 1 aromatic carbocycles. The summed E-state index contributed by atoms with van der Waals surface area (Å²) in [6, 6.07) is 4.66. The van der Waals surface area contributed by atoms with Crippen LogP contribution in [-0.2, 0) is 4.74 Å². The first-order valence-electron chi connectivity index (χ1n) is 5.72. The maximum absolute atomic E-state index is 11.0. The smallest absolute Gasteiger partial charge is 0.339 e. The second kappa shape index (κ2) is 7.55. The van der Waals surface area contributed by atoms with Crippen molar-refractivity contribution in [1.29, 1.82) is 0 Å². The van der Waals surface area contributed by atoms with E-state index in [1.54, 1.807) is 19.2 Å². The molecular formula is C13H18O5. The molecule has 0 amide bonds. The third kappa shape index (κ3) is 4.25. The normalized spacial score (nSPS) is 10.1. The number of unbranched alkanes of at least 4 members (excludes halogenated alkanes) is 1. The second-order valence-corrected chi connectivity index (χ2v) is 3.72. The number of methoxy groups -OCH3 is 2. The van der Waals surface area contributed by atoms with E-state index in [9.17, 15) is 4.79 Å². The van der Waals surface area contributed by atoms with Crippen molar-refractivity contribution < 1.29 is 24.1 Å². The first kappa shape index (κ1) is 14.3. The van der Waals surface area contributed by atoms with Gasteiger partial charge in [0, 0.05) is 19.8 Å². The fraction of sp³-hybridized carbons (Fsp3) is 0.462. The second-order valence-electron chi connectivity index (χ2n) is 3.72. The molecule has 0 aromatic heterocycles. The maximum Gasteiger partial charge on any atom is 0.339 e. The molecule has 0 radical (unpaired) electrons. The fourth-order valence-electron chi connectivity index (χ4n) is 1.46. The largest absolute Gasteiger partial charge is 0.497 e. The van der Waals surface area contributed by atoms with Gasteiger partial charge in [0.25, 0.3) is 0 Å². The molecule has 0 heterocycles. The summed E-state index contributed by atoms with van der Waals surface area (Å²) in [5.41, 5.74) is 0.141. The number of ether oxygens (including phenoxy) is 3. The fourth-order valence-corrected chi connectivity index (χ4v) is 1.46. The minimum absolute atomic E-state index is 0.141. The molecule has 1 rings (SSSR count). The van der Waals surface area contributed by atoms with Crippen molar-refractivity contribution in [3.63, 3.8) is 0 Å². The van der Waals surface area contributed by atoms with Gasteiger partial charge in [-0.05, 0) is 25.0 Å². The zero-order chi connectivity index (χ0) is 13.4. The summed E-state index contributed by atoms with van der Waals surface area (Å²) in [6.45, 7) is 1.13. The van der Waals surface area contributed by atoms with Crippen LogP contribution in [0.25, 0.3) is 0 Å². The standard InChI is InChI=1S/C13H18O5/c1-16-7-3-4-8-18-12-9-10(17-2)5-6-11(12)13(14)15/h5-6,9H,3-4,7-8H2,1-2H3,(H,14,15). The molecule has 100 valence electrons. The Labute approximate surface area is 106 Å². The van der Waals surface area contributed by atoms with Crippen LogP contribution in [0.4, 0.5) is 0 Å². The quantitative estimate of drug-likeness (QED) is 0.720. The summed E-state index contributed by atoms with van der Waals surface area (Å²) >= 11 is 0. The van der Waals surface area contributed by atoms with Crippen molar-refractivity contribution in [2.45, 2.75) is 12.8 Å². The number of carboxylic acids is 1. The Morgan fingerprint density at radius 1 is 1.22 bits per heavy atom. The van der Waals surface area contributed by atoms with Crippen LogP contribution in [0.15, 0.2) is 18.2 Å². The molecule has 0 saturated heterocycles. The third-order valence-corrected chi connectivity index (χ3v) is 2.42.